The Bertz CT molecular complexity index is 671. The molecule has 19 heavy (non-hydrogen) atoms. The fourth-order valence-corrected chi connectivity index (χ4v) is 1.99. The van der Waals surface area contributed by atoms with Gasteiger partial charge in [0.05, 0.1) is 0 Å². The fourth-order valence-electron chi connectivity index (χ4n) is 1.86. The zero-order valence-corrected chi connectivity index (χ0v) is 12.0. The zero-order chi connectivity index (χ0) is 13.8. The molecule has 2 aromatic carbocycles. The first-order valence-electron chi connectivity index (χ1n) is 6.36. The van der Waals surface area contributed by atoms with E-state index in [0.717, 1.165) is 22.2 Å². The minimum Gasteiger partial charge on any atom is -0.355 e. The van der Waals surface area contributed by atoms with E-state index in [1.807, 2.05) is 50.2 Å². The van der Waals surface area contributed by atoms with Gasteiger partial charge in [-0.25, -0.2) is 0 Å². The van der Waals surface area contributed by atoms with Crippen molar-refractivity contribution in [3.05, 3.63) is 53.1 Å². The zero-order valence-electron chi connectivity index (χ0n) is 11.3. The molecular weight excluding hydrogens is 258 g/mol. The monoisotopic (exact) mass is 273 g/mol. The Morgan fingerprint density at radius 1 is 1.00 bits per heavy atom. The van der Waals surface area contributed by atoms with Crippen LogP contribution in [0.3, 0.4) is 0 Å². The lowest BCUT2D eigenvalue weighted by Gasteiger charge is -1.97. The molecule has 0 bridgehead atoms. The average Bonchev–Trinajstić information content (AvgIpc) is 2.85. The Morgan fingerprint density at radius 2 is 1.68 bits per heavy atom. The van der Waals surface area contributed by atoms with Gasteiger partial charge in [0.25, 0.3) is 0 Å². The van der Waals surface area contributed by atoms with Crippen LogP contribution in [0.5, 0.6) is 0 Å². The van der Waals surface area contributed by atoms with Crippen molar-refractivity contribution in [2.75, 3.05) is 0 Å². The third kappa shape index (κ3) is 2.79. The van der Waals surface area contributed by atoms with E-state index < -0.39 is 0 Å². The number of nitrogens with zero attached hydrogens (tertiary/aromatic N) is 1. The molecule has 0 fully saturated rings. The third-order valence-electron chi connectivity index (χ3n) is 2.74. The number of hydrogen-bond donors (Lipinski definition) is 0. The van der Waals surface area contributed by atoms with Gasteiger partial charge in [-0.05, 0) is 43.3 Å². The first-order chi connectivity index (χ1) is 9.24. The van der Waals surface area contributed by atoms with Gasteiger partial charge in [0, 0.05) is 16.0 Å². The predicted octanol–water partition coefficient (Wildman–Crippen LogP) is 5.48. The van der Waals surface area contributed by atoms with Crippen molar-refractivity contribution in [3.63, 3.8) is 0 Å². The Hall–Kier alpha value is -1.80. The molecule has 0 aliphatic carbocycles. The Balaban J connectivity index is 0.000000637. The second-order valence-corrected chi connectivity index (χ2v) is 4.48. The van der Waals surface area contributed by atoms with Crippen molar-refractivity contribution in [3.8, 4) is 11.3 Å². The van der Waals surface area contributed by atoms with Crippen molar-refractivity contribution >= 4 is 22.5 Å². The van der Waals surface area contributed by atoms with Gasteiger partial charge in [0.1, 0.15) is 5.52 Å². The van der Waals surface area contributed by atoms with E-state index in [-0.39, 0.29) is 0 Å². The summed E-state index contributed by atoms with van der Waals surface area (Å²) in [5, 5.41) is 5.80. The summed E-state index contributed by atoms with van der Waals surface area (Å²) < 4.78 is 5.40. The van der Waals surface area contributed by atoms with Crippen molar-refractivity contribution in [1.29, 1.82) is 0 Å². The van der Waals surface area contributed by atoms with Crippen molar-refractivity contribution in [1.82, 2.24) is 5.16 Å². The number of benzene rings is 2. The summed E-state index contributed by atoms with van der Waals surface area (Å²) in [5.41, 5.74) is 3.05. The van der Waals surface area contributed by atoms with Crippen molar-refractivity contribution < 1.29 is 4.52 Å². The molecular formula is C16H16ClNO. The molecule has 3 heteroatoms. The van der Waals surface area contributed by atoms with E-state index in [9.17, 15) is 0 Å². The predicted molar refractivity (Wildman–Crippen MR) is 80.5 cm³/mol. The smallest absolute Gasteiger partial charge is 0.174 e. The van der Waals surface area contributed by atoms with E-state index in [0.29, 0.717) is 5.02 Å². The van der Waals surface area contributed by atoms with E-state index in [2.05, 4.69) is 18.1 Å². The molecule has 1 aromatic heterocycles. The average molecular weight is 274 g/mol. The highest BCUT2D eigenvalue weighted by Crippen LogP contribution is 2.29. The molecule has 0 aliphatic rings. The van der Waals surface area contributed by atoms with Crippen LogP contribution in [0.2, 0.25) is 5.02 Å². The number of rotatable bonds is 1. The number of fused-ring (bicyclic) bond motifs is 1. The molecule has 0 saturated carbocycles. The minimum atomic E-state index is 0.716. The summed E-state index contributed by atoms with van der Waals surface area (Å²) in [4.78, 5) is 0. The highest BCUT2D eigenvalue weighted by atomic mass is 35.5. The van der Waals surface area contributed by atoms with Crippen LogP contribution in [0.15, 0.2) is 47.0 Å². The van der Waals surface area contributed by atoms with Crippen LogP contribution in [0.4, 0.5) is 0 Å². The highest BCUT2D eigenvalue weighted by molar-refractivity contribution is 6.30. The molecule has 0 atom stereocenters. The summed E-state index contributed by atoms with van der Waals surface area (Å²) in [6.45, 7) is 6.05. The maximum absolute atomic E-state index is 5.87. The molecule has 0 N–H and O–H groups in total. The van der Waals surface area contributed by atoms with Gasteiger partial charge < -0.3 is 4.52 Å². The van der Waals surface area contributed by atoms with Crippen LogP contribution in [-0.4, -0.2) is 5.16 Å². The molecule has 1 heterocycles. The first kappa shape index (κ1) is 13.6. The summed E-state index contributed by atoms with van der Waals surface area (Å²) >= 11 is 5.87. The van der Waals surface area contributed by atoms with Gasteiger partial charge in [-0.3, -0.25) is 0 Å². The number of halogens is 1. The number of aromatic nitrogens is 1. The summed E-state index contributed by atoms with van der Waals surface area (Å²) in [6.07, 6.45) is 0. The molecule has 0 aliphatic heterocycles. The van der Waals surface area contributed by atoms with E-state index in [1.165, 1.54) is 5.56 Å². The lowest BCUT2D eigenvalue weighted by Crippen LogP contribution is -1.76. The molecule has 0 amide bonds. The second-order valence-electron chi connectivity index (χ2n) is 4.04. The molecule has 0 spiro atoms. The van der Waals surface area contributed by atoms with Crippen LogP contribution in [-0.2, 0) is 0 Å². The third-order valence-corrected chi connectivity index (χ3v) is 2.99. The van der Waals surface area contributed by atoms with Gasteiger partial charge in [-0.1, -0.05) is 42.2 Å². The van der Waals surface area contributed by atoms with Crippen LogP contribution in [0, 0.1) is 6.92 Å². The molecule has 3 aromatic rings. The minimum absolute atomic E-state index is 0.716. The SMILES string of the molecule is CC.Cc1ccc2noc(-c3ccc(Cl)cc3)c2c1. The van der Waals surface area contributed by atoms with Crippen LogP contribution >= 0.6 is 11.6 Å². The van der Waals surface area contributed by atoms with Crippen LogP contribution in [0.1, 0.15) is 19.4 Å². The highest BCUT2D eigenvalue weighted by Gasteiger charge is 2.10. The number of hydrogen-bond acceptors (Lipinski definition) is 2. The first-order valence-corrected chi connectivity index (χ1v) is 6.74. The molecule has 0 unspecified atom stereocenters. The fraction of sp³-hybridized carbons (Fsp3) is 0.188. The van der Waals surface area contributed by atoms with Gasteiger partial charge in [-0.2, -0.15) is 0 Å². The molecule has 0 saturated heterocycles. The maximum Gasteiger partial charge on any atom is 0.174 e. The van der Waals surface area contributed by atoms with Crippen LogP contribution in [0.25, 0.3) is 22.2 Å². The van der Waals surface area contributed by atoms with Crippen LogP contribution < -0.4 is 0 Å². The van der Waals surface area contributed by atoms with Crippen molar-refractivity contribution in [2.24, 2.45) is 0 Å². The maximum atomic E-state index is 5.87. The van der Waals surface area contributed by atoms with E-state index >= 15 is 0 Å². The van der Waals surface area contributed by atoms with E-state index in [1.54, 1.807) is 0 Å². The van der Waals surface area contributed by atoms with Gasteiger partial charge in [0.15, 0.2) is 5.76 Å². The topological polar surface area (TPSA) is 26.0 Å². The molecule has 0 radical (unpaired) electrons. The second kappa shape index (κ2) is 5.89. The lowest BCUT2D eigenvalue weighted by atomic mass is 10.1. The molecule has 2 nitrogen and oxygen atoms in total. The Kier molecular flexibility index (Phi) is 4.23. The molecule has 3 rings (SSSR count). The summed E-state index contributed by atoms with van der Waals surface area (Å²) in [5.74, 6) is 0.792. The van der Waals surface area contributed by atoms with Crippen molar-refractivity contribution in [2.45, 2.75) is 20.8 Å². The lowest BCUT2D eigenvalue weighted by molar-refractivity contribution is 0.441. The normalized spacial score (nSPS) is 10.1. The molecule has 98 valence electrons. The van der Waals surface area contributed by atoms with Gasteiger partial charge >= 0.3 is 0 Å². The largest absolute Gasteiger partial charge is 0.355 e. The standard InChI is InChI=1S/C14H10ClNO.C2H6/c1-9-2-7-13-12(8-9)14(17-16-13)10-3-5-11(15)6-4-10;1-2/h2-8H,1H3;1-2H3. The van der Waals surface area contributed by atoms with E-state index in [4.69, 9.17) is 16.1 Å². The Morgan fingerprint density at radius 3 is 2.37 bits per heavy atom. The Labute approximate surface area is 118 Å². The van der Waals surface area contributed by atoms with Gasteiger partial charge in [-0.15, -0.1) is 0 Å². The summed E-state index contributed by atoms with van der Waals surface area (Å²) in [6, 6.07) is 13.6. The van der Waals surface area contributed by atoms with Gasteiger partial charge in [0.2, 0.25) is 0 Å². The number of aryl methyl sites for hydroxylation is 1. The quantitative estimate of drug-likeness (QED) is 0.586. The summed E-state index contributed by atoms with van der Waals surface area (Å²) in [7, 11) is 0.